The molecule has 142 valence electrons. The van der Waals surface area contributed by atoms with Crippen LogP contribution in [0.1, 0.15) is 30.0 Å². The zero-order chi connectivity index (χ0) is 18.1. The van der Waals surface area contributed by atoms with Crippen molar-refractivity contribution in [1.82, 2.24) is 5.32 Å². The lowest BCUT2D eigenvalue weighted by Crippen LogP contribution is -2.21. The van der Waals surface area contributed by atoms with Gasteiger partial charge in [0.05, 0.1) is 5.69 Å². The number of hydrogen-bond acceptors (Lipinski definition) is 3. The van der Waals surface area contributed by atoms with Gasteiger partial charge in [-0.25, -0.2) is 4.79 Å². The Hall–Kier alpha value is -2.05. The van der Waals surface area contributed by atoms with Gasteiger partial charge in [-0.3, -0.25) is 0 Å². The second-order valence-corrected chi connectivity index (χ2v) is 6.11. The predicted octanol–water partition coefficient (Wildman–Crippen LogP) is 3.79. The fourth-order valence-electron chi connectivity index (χ4n) is 2.87. The molecule has 5 N–H and O–H groups in total. The van der Waals surface area contributed by atoms with Crippen molar-refractivity contribution in [2.24, 2.45) is 5.73 Å². The van der Waals surface area contributed by atoms with Gasteiger partial charge in [-0.1, -0.05) is 43.7 Å². The molecule has 2 aromatic carbocycles. The van der Waals surface area contributed by atoms with Crippen molar-refractivity contribution in [3.63, 3.8) is 0 Å². The van der Waals surface area contributed by atoms with Crippen LogP contribution in [0.2, 0.25) is 0 Å². The summed E-state index contributed by atoms with van der Waals surface area (Å²) in [6, 6.07) is 13.1. The summed E-state index contributed by atoms with van der Waals surface area (Å²) >= 11 is 0. The highest BCUT2D eigenvalue weighted by molar-refractivity contribution is 8.93. The number of phenolic OH excluding ortho intramolecular Hbond substituents is 1. The van der Waals surface area contributed by atoms with Crippen molar-refractivity contribution < 1.29 is 9.90 Å². The standard InChI is InChI=1S/C20H27N3O2.BrH/c1-2-5-16-6-3-4-7-17(16)11-13-22-12-10-15-8-9-19(24)18(14-15)23-20(21)25;/h3-4,6-9,14,22,24H,2,5,10-13H2,1H3,(H3,21,23,25);1H. The first-order chi connectivity index (χ1) is 12.1. The summed E-state index contributed by atoms with van der Waals surface area (Å²) in [6.45, 7) is 3.95. The number of hydrogen-bond donors (Lipinski definition) is 4. The molecular formula is C20H28BrN3O2. The minimum absolute atomic E-state index is 0. The number of halogens is 1. The number of anilines is 1. The molecule has 26 heavy (non-hydrogen) atoms. The molecule has 0 atom stereocenters. The Bertz CT molecular complexity index is 707. The van der Waals surface area contributed by atoms with Gasteiger partial charge in [-0.15, -0.1) is 17.0 Å². The normalized spacial score (nSPS) is 10.2. The largest absolute Gasteiger partial charge is 0.506 e. The molecule has 0 aliphatic heterocycles. The molecule has 2 rings (SSSR count). The zero-order valence-electron chi connectivity index (χ0n) is 15.1. The van der Waals surface area contributed by atoms with Crippen LogP contribution >= 0.6 is 17.0 Å². The third kappa shape index (κ3) is 7.06. The lowest BCUT2D eigenvalue weighted by molar-refractivity contribution is 0.259. The Morgan fingerprint density at radius 2 is 1.69 bits per heavy atom. The number of rotatable bonds is 9. The Labute approximate surface area is 165 Å². The van der Waals surface area contributed by atoms with Crippen LogP contribution in [0.15, 0.2) is 42.5 Å². The van der Waals surface area contributed by atoms with Crippen molar-refractivity contribution in [1.29, 1.82) is 0 Å². The monoisotopic (exact) mass is 421 g/mol. The van der Waals surface area contributed by atoms with Gasteiger partial charge in [0.25, 0.3) is 0 Å². The van der Waals surface area contributed by atoms with Gasteiger partial charge in [0.1, 0.15) is 5.75 Å². The molecule has 0 unspecified atom stereocenters. The molecule has 6 heteroatoms. The Morgan fingerprint density at radius 3 is 2.35 bits per heavy atom. The van der Waals surface area contributed by atoms with Crippen LogP contribution < -0.4 is 16.4 Å². The molecule has 0 saturated carbocycles. The van der Waals surface area contributed by atoms with Crippen molar-refractivity contribution >= 4 is 28.7 Å². The van der Waals surface area contributed by atoms with Crippen molar-refractivity contribution in [3.05, 3.63) is 59.2 Å². The smallest absolute Gasteiger partial charge is 0.316 e. The highest BCUT2D eigenvalue weighted by Crippen LogP contribution is 2.24. The van der Waals surface area contributed by atoms with Gasteiger partial charge >= 0.3 is 6.03 Å². The number of amides is 2. The molecule has 0 heterocycles. The number of nitrogens with two attached hydrogens (primary N) is 1. The van der Waals surface area contributed by atoms with E-state index >= 15 is 0 Å². The number of carbonyl (C=O) groups is 1. The minimum atomic E-state index is -0.684. The van der Waals surface area contributed by atoms with E-state index in [0.717, 1.165) is 44.3 Å². The molecule has 0 saturated heterocycles. The van der Waals surface area contributed by atoms with E-state index < -0.39 is 6.03 Å². The first-order valence-corrected chi connectivity index (χ1v) is 8.76. The van der Waals surface area contributed by atoms with Gasteiger partial charge in [0.15, 0.2) is 0 Å². The van der Waals surface area contributed by atoms with Crippen LogP contribution in [-0.4, -0.2) is 24.2 Å². The fourth-order valence-corrected chi connectivity index (χ4v) is 2.87. The van der Waals surface area contributed by atoms with E-state index in [1.54, 1.807) is 12.1 Å². The van der Waals surface area contributed by atoms with E-state index in [9.17, 15) is 9.90 Å². The van der Waals surface area contributed by atoms with E-state index in [4.69, 9.17) is 5.73 Å². The number of nitrogens with one attached hydrogen (secondary N) is 2. The maximum Gasteiger partial charge on any atom is 0.316 e. The molecule has 5 nitrogen and oxygen atoms in total. The van der Waals surface area contributed by atoms with Crippen molar-refractivity contribution in [3.8, 4) is 5.75 Å². The molecule has 0 aliphatic rings. The Morgan fingerprint density at radius 1 is 1.04 bits per heavy atom. The summed E-state index contributed by atoms with van der Waals surface area (Å²) in [4.78, 5) is 10.9. The molecule has 0 bridgehead atoms. The Balaban J connectivity index is 0.00000338. The molecular weight excluding hydrogens is 394 g/mol. The third-order valence-electron chi connectivity index (χ3n) is 4.12. The van der Waals surface area contributed by atoms with E-state index in [0.29, 0.717) is 5.69 Å². The molecule has 0 fully saturated rings. The zero-order valence-corrected chi connectivity index (χ0v) is 16.8. The van der Waals surface area contributed by atoms with Crippen molar-refractivity contribution in [2.45, 2.75) is 32.6 Å². The minimum Gasteiger partial charge on any atom is -0.506 e. The first kappa shape index (κ1) is 22.0. The average molecular weight is 422 g/mol. The number of aryl methyl sites for hydroxylation is 1. The number of phenols is 1. The molecule has 0 aromatic heterocycles. The van der Waals surface area contributed by atoms with Crippen LogP contribution in [0.3, 0.4) is 0 Å². The maximum atomic E-state index is 10.9. The van der Waals surface area contributed by atoms with Crippen LogP contribution in [0, 0.1) is 0 Å². The van der Waals surface area contributed by atoms with Crippen LogP contribution in [0.5, 0.6) is 5.75 Å². The number of aromatic hydroxyl groups is 1. The maximum absolute atomic E-state index is 10.9. The summed E-state index contributed by atoms with van der Waals surface area (Å²) < 4.78 is 0. The summed E-state index contributed by atoms with van der Waals surface area (Å²) in [6.07, 6.45) is 4.11. The SMILES string of the molecule is Br.CCCc1ccccc1CCNCCc1ccc(O)c(NC(N)=O)c1. The van der Waals surface area contributed by atoms with Gasteiger partial charge < -0.3 is 21.5 Å². The third-order valence-corrected chi connectivity index (χ3v) is 4.12. The summed E-state index contributed by atoms with van der Waals surface area (Å²) in [7, 11) is 0. The number of primary amides is 1. The lowest BCUT2D eigenvalue weighted by atomic mass is 10.0. The Kier molecular flexibility index (Phi) is 9.76. The second-order valence-electron chi connectivity index (χ2n) is 6.11. The van der Waals surface area contributed by atoms with Gasteiger partial charge in [0, 0.05) is 0 Å². The summed E-state index contributed by atoms with van der Waals surface area (Å²) in [5.74, 6) is 0.0167. The number of carbonyl (C=O) groups excluding carboxylic acids is 1. The second kappa shape index (κ2) is 11.5. The highest BCUT2D eigenvalue weighted by atomic mass is 79.9. The summed E-state index contributed by atoms with van der Waals surface area (Å²) in [5.41, 5.74) is 9.32. The van der Waals surface area contributed by atoms with Gasteiger partial charge in [-0.05, 0) is 61.2 Å². The first-order valence-electron chi connectivity index (χ1n) is 8.76. The number of urea groups is 1. The van der Waals surface area contributed by atoms with E-state index in [1.807, 2.05) is 6.07 Å². The fraction of sp³-hybridized carbons (Fsp3) is 0.350. The van der Waals surface area contributed by atoms with E-state index in [1.165, 1.54) is 11.1 Å². The van der Waals surface area contributed by atoms with Crippen LogP contribution in [-0.2, 0) is 19.3 Å². The van der Waals surface area contributed by atoms with E-state index in [-0.39, 0.29) is 22.7 Å². The number of benzene rings is 2. The lowest BCUT2D eigenvalue weighted by Gasteiger charge is -2.10. The molecule has 2 amide bonds. The molecule has 0 radical (unpaired) electrons. The molecule has 0 spiro atoms. The summed E-state index contributed by atoms with van der Waals surface area (Å²) in [5, 5.41) is 15.6. The van der Waals surface area contributed by atoms with E-state index in [2.05, 4.69) is 41.8 Å². The van der Waals surface area contributed by atoms with Gasteiger partial charge in [-0.2, -0.15) is 0 Å². The van der Waals surface area contributed by atoms with Crippen LogP contribution in [0.25, 0.3) is 0 Å². The molecule has 0 aliphatic carbocycles. The topological polar surface area (TPSA) is 87.4 Å². The van der Waals surface area contributed by atoms with Crippen LogP contribution in [0.4, 0.5) is 10.5 Å². The van der Waals surface area contributed by atoms with Crippen molar-refractivity contribution in [2.75, 3.05) is 18.4 Å². The average Bonchev–Trinajstić information content (AvgIpc) is 2.58. The van der Waals surface area contributed by atoms with Gasteiger partial charge in [0.2, 0.25) is 0 Å². The quantitative estimate of drug-likeness (QED) is 0.366. The molecule has 2 aromatic rings. The highest BCUT2D eigenvalue weighted by Gasteiger charge is 2.05. The predicted molar refractivity (Wildman–Crippen MR) is 112 cm³/mol.